The summed E-state index contributed by atoms with van der Waals surface area (Å²) in [6.45, 7) is 6.52. The third-order valence-electron chi connectivity index (χ3n) is 1.03. The van der Waals surface area contributed by atoms with Gasteiger partial charge >= 0.3 is 5.97 Å². The predicted molar refractivity (Wildman–Crippen MR) is 62.3 cm³/mol. The van der Waals surface area contributed by atoms with Crippen LogP contribution in [0.2, 0.25) is 0 Å². The van der Waals surface area contributed by atoms with E-state index in [2.05, 4.69) is 17.9 Å². The van der Waals surface area contributed by atoms with Gasteiger partial charge in [0.2, 0.25) is 0 Å². The number of allylic oxidation sites excluding steroid dienone is 5. The van der Waals surface area contributed by atoms with E-state index in [0.29, 0.717) is 0 Å². The molecule has 0 spiro atoms. The van der Waals surface area contributed by atoms with Crippen LogP contribution in [0.3, 0.4) is 0 Å². The van der Waals surface area contributed by atoms with E-state index in [9.17, 15) is 4.79 Å². The van der Waals surface area contributed by atoms with E-state index in [-0.39, 0.29) is 13.2 Å². The van der Waals surface area contributed by atoms with E-state index >= 15 is 0 Å². The molecule has 0 fully saturated rings. The lowest BCUT2D eigenvalue weighted by Crippen LogP contribution is -2.04. The second-order valence-electron chi connectivity index (χ2n) is 2.20. The molecule has 0 saturated carbocycles. The highest BCUT2D eigenvalue weighted by molar-refractivity contribution is 5.81. The molecule has 4 heteroatoms. The second kappa shape index (κ2) is 15.4. The maximum atomic E-state index is 10.1. The third-order valence-corrected chi connectivity index (χ3v) is 1.03. The van der Waals surface area contributed by atoms with Crippen molar-refractivity contribution in [2.24, 2.45) is 0 Å². The quantitative estimate of drug-likeness (QED) is 0.330. The Morgan fingerprint density at radius 3 is 2.50 bits per heavy atom. The van der Waals surface area contributed by atoms with E-state index in [0.717, 1.165) is 6.08 Å². The predicted octanol–water partition coefficient (Wildman–Crippen LogP) is 1.52. The zero-order chi connectivity index (χ0) is 12.6. The van der Waals surface area contributed by atoms with Crippen molar-refractivity contribution in [3.63, 3.8) is 0 Å². The number of nitrogens with zero attached hydrogens (tertiary/aromatic N) is 1. The van der Waals surface area contributed by atoms with Crippen LogP contribution in [0.25, 0.3) is 0 Å². The lowest BCUT2D eigenvalue weighted by Gasteiger charge is -1.94. The van der Waals surface area contributed by atoms with Crippen LogP contribution in [0.15, 0.2) is 49.6 Å². The highest BCUT2D eigenvalue weighted by atomic mass is 16.5. The summed E-state index contributed by atoms with van der Waals surface area (Å²) in [7, 11) is 0. The maximum absolute atomic E-state index is 10.1. The lowest BCUT2D eigenvalue weighted by molar-refractivity contribution is -0.138. The number of ether oxygens (including phenoxy) is 1. The maximum Gasteiger partial charge on any atom is 0.330 e. The number of aliphatic hydroxyl groups is 1. The van der Waals surface area contributed by atoms with Gasteiger partial charge in [0.15, 0.2) is 0 Å². The molecule has 0 rings (SSSR count). The van der Waals surface area contributed by atoms with Crippen molar-refractivity contribution in [3.8, 4) is 6.07 Å². The van der Waals surface area contributed by atoms with Gasteiger partial charge in [-0.25, -0.2) is 4.79 Å². The summed E-state index contributed by atoms with van der Waals surface area (Å²) in [6, 6.07) is 1.86. The normalized spacial score (nSPS) is 9.00. The van der Waals surface area contributed by atoms with E-state index in [1.807, 2.05) is 6.07 Å². The van der Waals surface area contributed by atoms with Crippen molar-refractivity contribution in [2.75, 3.05) is 13.2 Å². The summed E-state index contributed by atoms with van der Waals surface area (Å²) in [6.07, 6.45) is 9.27. The van der Waals surface area contributed by atoms with Gasteiger partial charge < -0.3 is 9.84 Å². The largest absolute Gasteiger partial charge is 0.460 e. The molecule has 0 aliphatic carbocycles. The van der Waals surface area contributed by atoms with Crippen LogP contribution >= 0.6 is 0 Å². The van der Waals surface area contributed by atoms with Crippen LogP contribution in [0, 0.1) is 11.3 Å². The first kappa shape index (κ1) is 16.3. The Morgan fingerprint density at radius 1 is 1.38 bits per heavy atom. The van der Waals surface area contributed by atoms with Crippen molar-refractivity contribution >= 4 is 5.97 Å². The van der Waals surface area contributed by atoms with Crippen LogP contribution in [-0.2, 0) is 9.53 Å². The van der Waals surface area contributed by atoms with Gasteiger partial charge in [0.05, 0.1) is 12.7 Å². The average Bonchev–Trinajstić information content (AvgIpc) is 2.32. The van der Waals surface area contributed by atoms with E-state index in [1.54, 1.807) is 24.3 Å². The van der Waals surface area contributed by atoms with Crippen molar-refractivity contribution < 1.29 is 14.6 Å². The minimum atomic E-state index is -0.501. The summed E-state index contributed by atoms with van der Waals surface area (Å²) >= 11 is 0. The average molecular weight is 221 g/mol. The number of esters is 1. The molecule has 0 aliphatic heterocycles. The van der Waals surface area contributed by atoms with E-state index in [1.165, 1.54) is 6.08 Å². The fourth-order valence-electron chi connectivity index (χ4n) is 0.446. The molecular weight excluding hydrogens is 206 g/mol. The van der Waals surface area contributed by atoms with Crippen LogP contribution < -0.4 is 0 Å². The minimum Gasteiger partial charge on any atom is -0.460 e. The van der Waals surface area contributed by atoms with Gasteiger partial charge in [-0.3, -0.25) is 0 Å². The van der Waals surface area contributed by atoms with Gasteiger partial charge in [-0.05, 0) is 0 Å². The van der Waals surface area contributed by atoms with Gasteiger partial charge in [-0.1, -0.05) is 37.5 Å². The van der Waals surface area contributed by atoms with Crippen molar-refractivity contribution in [1.29, 1.82) is 5.26 Å². The van der Waals surface area contributed by atoms with Gasteiger partial charge in [-0.15, -0.1) is 0 Å². The monoisotopic (exact) mass is 221 g/mol. The SMILES string of the molecule is C=CC(=O)OCCO.C=CC=CC=CC#N. The summed E-state index contributed by atoms with van der Waals surface area (Å²) in [5.41, 5.74) is 0. The standard InChI is InChI=1S/C7H7N.C5H8O3/c1-2-3-4-5-6-7-8;1-2-5(7)8-4-3-6/h2-6H,1H2;2,6H,1,3-4H2. The zero-order valence-corrected chi connectivity index (χ0v) is 9.00. The Balaban J connectivity index is 0. The van der Waals surface area contributed by atoms with Gasteiger partial charge in [0.1, 0.15) is 6.61 Å². The van der Waals surface area contributed by atoms with Gasteiger partial charge in [-0.2, -0.15) is 5.26 Å². The number of hydrogen-bond donors (Lipinski definition) is 1. The summed E-state index contributed by atoms with van der Waals surface area (Å²) in [5.74, 6) is -0.501. The molecule has 0 aromatic carbocycles. The summed E-state index contributed by atoms with van der Waals surface area (Å²) in [4.78, 5) is 10.1. The number of carbonyl (C=O) groups is 1. The molecule has 0 aromatic heterocycles. The number of aliphatic hydroxyl groups excluding tert-OH is 1. The molecule has 0 radical (unpaired) electrons. The zero-order valence-electron chi connectivity index (χ0n) is 9.00. The molecule has 0 aromatic rings. The highest BCUT2D eigenvalue weighted by Gasteiger charge is 1.90. The minimum absolute atomic E-state index is 0.0465. The Bertz CT molecular complexity index is 298. The highest BCUT2D eigenvalue weighted by Crippen LogP contribution is 1.75. The fourth-order valence-corrected chi connectivity index (χ4v) is 0.446. The molecule has 1 N–H and O–H groups in total. The first-order valence-corrected chi connectivity index (χ1v) is 4.46. The smallest absolute Gasteiger partial charge is 0.330 e. The van der Waals surface area contributed by atoms with Gasteiger partial charge in [0, 0.05) is 12.2 Å². The Morgan fingerprint density at radius 2 is 2.06 bits per heavy atom. The summed E-state index contributed by atoms with van der Waals surface area (Å²) in [5, 5.41) is 16.1. The Kier molecular flexibility index (Phi) is 15.7. The molecule has 86 valence electrons. The molecule has 0 heterocycles. The number of rotatable bonds is 5. The number of carbonyl (C=O) groups excluding carboxylic acids is 1. The number of hydrogen-bond acceptors (Lipinski definition) is 4. The van der Waals surface area contributed by atoms with E-state index < -0.39 is 5.97 Å². The van der Waals surface area contributed by atoms with Crippen LogP contribution in [0.5, 0.6) is 0 Å². The van der Waals surface area contributed by atoms with E-state index in [4.69, 9.17) is 10.4 Å². The lowest BCUT2D eigenvalue weighted by atomic mass is 10.4. The van der Waals surface area contributed by atoms with Crippen molar-refractivity contribution in [3.05, 3.63) is 49.6 Å². The molecule has 0 unspecified atom stereocenters. The first-order valence-electron chi connectivity index (χ1n) is 4.46. The number of nitriles is 1. The molecule has 0 bridgehead atoms. The fraction of sp³-hybridized carbons (Fsp3) is 0.167. The van der Waals surface area contributed by atoms with Gasteiger partial charge in [0.25, 0.3) is 0 Å². The van der Waals surface area contributed by atoms with Crippen LogP contribution in [-0.4, -0.2) is 24.3 Å². The molecule has 0 atom stereocenters. The third kappa shape index (κ3) is 17.8. The van der Waals surface area contributed by atoms with Crippen LogP contribution in [0.4, 0.5) is 0 Å². The molecule has 0 saturated heterocycles. The molecule has 0 aliphatic rings. The van der Waals surface area contributed by atoms with Crippen molar-refractivity contribution in [2.45, 2.75) is 0 Å². The van der Waals surface area contributed by atoms with Crippen LogP contribution in [0.1, 0.15) is 0 Å². The second-order valence-corrected chi connectivity index (χ2v) is 2.20. The molecular formula is C12H15NO3. The first-order chi connectivity index (χ1) is 7.72. The topological polar surface area (TPSA) is 70.3 Å². The molecule has 4 nitrogen and oxygen atoms in total. The molecule has 0 amide bonds. The summed E-state index contributed by atoms with van der Waals surface area (Å²) < 4.78 is 4.33. The Labute approximate surface area is 95.5 Å². The molecule has 16 heavy (non-hydrogen) atoms. The van der Waals surface area contributed by atoms with Crippen molar-refractivity contribution in [1.82, 2.24) is 0 Å². The Hall–Kier alpha value is -2.12.